The predicted octanol–water partition coefficient (Wildman–Crippen LogP) is 3.16. The molecule has 0 bridgehead atoms. The summed E-state index contributed by atoms with van der Waals surface area (Å²) in [7, 11) is -0.938. The quantitative estimate of drug-likeness (QED) is 0.660. The van der Waals surface area contributed by atoms with Crippen LogP contribution in [-0.2, 0) is 14.8 Å². The van der Waals surface area contributed by atoms with Crippen LogP contribution in [0.15, 0.2) is 47.4 Å². The first-order valence-electron chi connectivity index (χ1n) is 9.80. The molecule has 8 heteroatoms. The van der Waals surface area contributed by atoms with E-state index < -0.39 is 10.0 Å². The Morgan fingerprint density at radius 2 is 1.87 bits per heavy atom. The summed E-state index contributed by atoms with van der Waals surface area (Å²) < 4.78 is 31.7. The molecule has 2 aromatic carbocycles. The fourth-order valence-corrected chi connectivity index (χ4v) is 4.45. The number of hydrogen-bond donors (Lipinski definition) is 2. The van der Waals surface area contributed by atoms with E-state index in [1.807, 2.05) is 25.1 Å². The first-order chi connectivity index (χ1) is 14.3. The zero-order valence-electron chi connectivity index (χ0n) is 17.4. The summed E-state index contributed by atoms with van der Waals surface area (Å²) in [6.07, 6.45) is 5.37. The fourth-order valence-electron chi connectivity index (χ4n) is 3.52. The Kier molecular flexibility index (Phi) is 6.79. The van der Waals surface area contributed by atoms with Gasteiger partial charge in [-0.1, -0.05) is 6.07 Å². The summed E-state index contributed by atoms with van der Waals surface area (Å²) in [5.74, 6) is -0.0586. The van der Waals surface area contributed by atoms with Crippen molar-refractivity contribution in [3.05, 3.63) is 53.6 Å². The average Bonchev–Trinajstić information content (AvgIpc) is 3.26. The number of ether oxygens (including phenoxy) is 1. The van der Waals surface area contributed by atoms with Gasteiger partial charge in [0.25, 0.3) is 0 Å². The van der Waals surface area contributed by atoms with Gasteiger partial charge in [-0.25, -0.2) is 13.1 Å². The van der Waals surface area contributed by atoms with Gasteiger partial charge in [0, 0.05) is 30.5 Å². The second-order valence-corrected chi connectivity index (χ2v) is 8.99. The second kappa shape index (κ2) is 9.32. The van der Waals surface area contributed by atoms with E-state index in [1.54, 1.807) is 18.2 Å². The summed E-state index contributed by atoms with van der Waals surface area (Å²) in [6, 6.07) is 10.6. The molecule has 0 atom stereocenters. The van der Waals surface area contributed by atoms with Crippen molar-refractivity contribution in [1.29, 1.82) is 0 Å². The lowest BCUT2D eigenvalue weighted by Crippen LogP contribution is -2.19. The summed E-state index contributed by atoms with van der Waals surface area (Å²) >= 11 is 0. The molecule has 3 rings (SSSR count). The molecule has 2 N–H and O–H groups in total. The predicted molar refractivity (Wildman–Crippen MR) is 120 cm³/mol. The number of aryl methyl sites for hydroxylation is 1. The molecule has 30 heavy (non-hydrogen) atoms. The van der Waals surface area contributed by atoms with Gasteiger partial charge in [0.1, 0.15) is 10.6 Å². The Morgan fingerprint density at radius 1 is 1.13 bits per heavy atom. The van der Waals surface area contributed by atoms with E-state index >= 15 is 0 Å². The normalized spacial score (nSPS) is 14.3. The molecule has 0 spiro atoms. The van der Waals surface area contributed by atoms with Gasteiger partial charge in [0.05, 0.1) is 7.11 Å². The number of rotatable bonds is 7. The van der Waals surface area contributed by atoms with Crippen molar-refractivity contribution in [2.45, 2.75) is 24.7 Å². The minimum atomic E-state index is -3.68. The van der Waals surface area contributed by atoms with E-state index in [9.17, 15) is 13.2 Å². The lowest BCUT2D eigenvalue weighted by Gasteiger charge is -2.20. The molecule has 1 aliphatic rings. The number of nitrogens with one attached hydrogen (secondary N) is 2. The average molecular weight is 430 g/mol. The van der Waals surface area contributed by atoms with Crippen LogP contribution in [0, 0.1) is 6.92 Å². The Labute approximate surface area is 177 Å². The lowest BCUT2D eigenvalue weighted by atomic mass is 10.1. The number of amides is 1. The smallest absolute Gasteiger partial charge is 0.248 e. The van der Waals surface area contributed by atoms with Gasteiger partial charge >= 0.3 is 0 Å². The molecule has 1 aliphatic heterocycles. The molecular weight excluding hydrogens is 402 g/mol. The Bertz CT molecular complexity index is 1060. The maximum atomic E-state index is 12.3. The molecule has 0 saturated carbocycles. The zero-order chi connectivity index (χ0) is 21.7. The minimum absolute atomic E-state index is 0.0168. The molecule has 2 aromatic rings. The molecule has 0 aliphatic carbocycles. The maximum Gasteiger partial charge on any atom is 0.248 e. The van der Waals surface area contributed by atoms with Gasteiger partial charge in [0.15, 0.2) is 0 Å². The largest absolute Gasteiger partial charge is 0.495 e. The van der Waals surface area contributed by atoms with Crippen molar-refractivity contribution in [2.75, 3.05) is 37.5 Å². The van der Waals surface area contributed by atoms with Gasteiger partial charge in [-0.2, -0.15) is 0 Å². The number of sulfonamides is 1. The molecular formula is C22H27N3O4S. The lowest BCUT2D eigenvalue weighted by molar-refractivity contribution is -0.111. The number of nitrogens with zero attached hydrogens (tertiary/aromatic N) is 1. The van der Waals surface area contributed by atoms with Crippen LogP contribution in [0.1, 0.15) is 24.0 Å². The van der Waals surface area contributed by atoms with E-state index in [-0.39, 0.29) is 16.6 Å². The first-order valence-corrected chi connectivity index (χ1v) is 11.3. The molecule has 1 heterocycles. The Hall–Kier alpha value is -2.84. The van der Waals surface area contributed by atoms with Crippen LogP contribution in [0.4, 0.5) is 11.4 Å². The van der Waals surface area contributed by atoms with Crippen LogP contribution < -0.4 is 19.7 Å². The Balaban J connectivity index is 1.72. The number of carbonyl (C=O) groups excluding carboxylic acids is 1. The van der Waals surface area contributed by atoms with Crippen LogP contribution in [0.3, 0.4) is 0 Å². The van der Waals surface area contributed by atoms with Crippen LogP contribution in [0.25, 0.3) is 6.08 Å². The third kappa shape index (κ3) is 5.01. The van der Waals surface area contributed by atoms with Crippen LogP contribution >= 0.6 is 0 Å². The number of hydrogen-bond acceptors (Lipinski definition) is 5. The molecule has 1 amide bonds. The van der Waals surface area contributed by atoms with E-state index in [2.05, 4.69) is 14.9 Å². The summed E-state index contributed by atoms with van der Waals surface area (Å²) in [5.41, 5.74) is 3.62. The highest BCUT2D eigenvalue weighted by molar-refractivity contribution is 7.89. The SMILES string of the molecule is CNS(=O)(=O)c1cc(/C=C/C(=O)Nc2ccc(N3CCCC3)c(C)c2)ccc1OC. The standard InChI is InChI=1S/C22H27N3O4S/c1-16-14-18(8-9-19(16)25-12-4-5-13-25)24-22(26)11-7-17-6-10-20(29-3)21(15-17)30(27,28)23-2/h6-11,14-15,23H,4-5,12-13H2,1-3H3,(H,24,26)/b11-7+. The van der Waals surface area contributed by atoms with E-state index in [1.165, 1.54) is 44.8 Å². The Morgan fingerprint density at radius 3 is 2.50 bits per heavy atom. The monoisotopic (exact) mass is 429 g/mol. The number of anilines is 2. The van der Waals surface area contributed by atoms with Crippen LogP contribution in [-0.4, -0.2) is 41.6 Å². The highest BCUT2D eigenvalue weighted by Gasteiger charge is 2.18. The summed E-state index contributed by atoms with van der Waals surface area (Å²) in [5, 5.41) is 2.85. The topological polar surface area (TPSA) is 87.7 Å². The molecule has 1 saturated heterocycles. The van der Waals surface area contributed by atoms with Gasteiger partial charge in [-0.05, 0) is 74.3 Å². The zero-order valence-corrected chi connectivity index (χ0v) is 18.3. The van der Waals surface area contributed by atoms with E-state index in [0.717, 1.165) is 24.3 Å². The van der Waals surface area contributed by atoms with Crippen molar-refractivity contribution in [3.8, 4) is 5.75 Å². The van der Waals surface area contributed by atoms with Gasteiger partial charge in [0.2, 0.25) is 15.9 Å². The number of carbonyl (C=O) groups is 1. The summed E-state index contributed by atoms with van der Waals surface area (Å²) in [6.45, 7) is 4.19. The van der Waals surface area contributed by atoms with Gasteiger partial charge in [-0.15, -0.1) is 0 Å². The van der Waals surface area contributed by atoms with Crippen molar-refractivity contribution in [1.82, 2.24) is 4.72 Å². The van der Waals surface area contributed by atoms with Crippen molar-refractivity contribution < 1.29 is 17.9 Å². The van der Waals surface area contributed by atoms with Gasteiger partial charge < -0.3 is 15.0 Å². The van der Waals surface area contributed by atoms with Crippen LogP contribution in [0.2, 0.25) is 0 Å². The maximum absolute atomic E-state index is 12.3. The third-order valence-electron chi connectivity index (χ3n) is 5.08. The molecule has 160 valence electrons. The molecule has 0 radical (unpaired) electrons. The number of benzene rings is 2. The van der Waals surface area contributed by atoms with E-state index in [4.69, 9.17) is 4.74 Å². The van der Waals surface area contributed by atoms with Crippen molar-refractivity contribution in [3.63, 3.8) is 0 Å². The fraction of sp³-hybridized carbons (Fsp3) is 0.318. The first kappa shape index (κ1) is 21.9. The molecule has 7 nitrogen and oxygen atoms in total. The number of methoxy groups -OCH3 is 1. The highest BCUT2D eigenvalue weighted by atomic mass is 32.2. The highest BCUT2D eigenvalue weighted by Crippen LogP contribution is 2.27. The summed E-state index contributed by atoms with van der Waals surface area (Å²) in [4.78, 5) is 14.7. The minimum Gasteiger partial charge on any atom is -0.495 e. The van der Waals surface area contributed by atoms with Crippen molar-refractivity contribution in [2.24, 2.45) is 0 Å². The molecule has 1 fully saturated rings. The van der Waals surface area contributed by atoms with Gasteiger partial charge in [-0.3, -0.25) is 4.79 Å². The van der Waals surface area contributed by atoms with Crippen LogP contribution in [0.5, 0.6) is 5.75 Å². The molecule has 0 aromatic heterocycles. The second-order valence-electron chi connectivity index (χ2n) is 7.14. The van der Waals surface area contributed by atoms with E-state index in [0.29, 0.717) is 5.56 Å². The third-order valence-corrected chi connectivity index (χ3v) is 6.52. The molecule has 0 unspecified atom stereocenters. The van der Waals surface area contributed by atoms with Crippen molar-refractivity contribution >= 4 is 33.4 Å².